The molecule has 1 aromatic heterocycles. The Hall–Kier alpha value is -1.84. The third-order valence-electron chi connectivity index (χ3n) is 3.83. The van der Waals surface area contributed by atoms with Crippen molar-refractivity contribution < 1.29 is 26.7 Å². The van der Waals surface area contributed by atoms with Crippen molar-refractivity contribution in [2.75, 3.05) is 13.7 Å². The number of hydrogen-bond donors (Lipinski definition) is 0. The minimum Gasteiger partial charge on any atom is -0.468 e. The average Bonchev–Trinajstić information content (AvgIpc) is 3.01. The Morgan fingerprint density at radius 2 is 1.96 bits per heavy atom. The van der Waals surface area contributed by atoms with Crippen molar-refractivity contribution in [1.29, 1.82) is 0 Å². The fraction of sp³-hybridized carbons (Fsp3) is 0.267. The van der Waals surface area contributed by atoms with E-state index >= 15 is 0 Å². The van der Waals surface area contributed by atoms with Gasteiger partial charge < -0.3 is 4.74 Å². The molecule has 1 atom stereocenters. The number of carbonyl (C=O) groups is 1. The average molecular weight is 373 g/mol. The Labute approximate surface area is 141 Å². The van der Waals surface area contributed by atoms with Gasteiger partial charge in [-0.05, 0) is 35.6 Å². The fourth-order valence-corrected chi connectivity index (χ4v) is 5.33. The number of benzene rings is 1. The van der Waals surface area contributed by atoms with Crippen LogP contribution in [0.2, 0.25) is 0 Å². The number of carbonyl (C=O) groups excluding carboxylic acids is 1. The second-order valence-electron chi connectivity index (χ2n) is 5.14. The first-order valence-corrected chi connectivity index (χ1v) is 9.30. The van der Waals surface area contributed by atoms with Crippen molar-refractivity contribution in [3.63, 3.8) is 0 Å². The Kier molecular flexibility index (Phi) is 4.41. The SMILES string of the molecule is COC(=O)C1c2ccsc2CCN1S(=O)(=O)c1c(F)cccc1F. The van der Waals surface area contributed by atoms with Crippen molar-refractivity contribution in [2.45, 2.75) is 17.4 Å². The number of ether oxygens (including phenoxy) is 1. The molecule has 24 heavy (non-hydrogen) atoms. The molecular formula is C15H13F2NO4S2. The van der Waals surface area contributed by atoms with E-state index in [-0.39, 0.29) is 6.54 Å². The summed E-state index contributed by atoms with van der Waals surface area (Å²) in [5.41, 5.74) is 0.485. The lowest BCUT2D eigenvalue weighted by atomic mass is 10.0. The number of halogens is 2. The lowest BCUT2D eigenvalue weighted by molar-refractivity contribution is -0.145. The Morgan fingerprint density at radius 1 is 1.29 bits per heavy atom. The largest absolute Gasteiger partial charge is 0.468 e. The molecule has 0 saturated heterocycles. The van der Waals surface area contributed by atoms with Crippen LogP contribution in [0.1, 0.15) is 16.5 Å². The van der Waals surface area contributed by atoms with E-state index < -0.39 is 38.6 Å². The standard InChI is InChI=1S/C15H13F2NO4S2/c1-22-15(19)13-9-6-8-23-12(9)5-7-18(13)24(20,21)14-10(16)3-2-4-11(14)17/h2-4,6,8,13H,5,7H2,1H3. The smallest absolute Gasteiger partial charge is 0.328 e. The lowest BCUT2D eigenvalue weighted by Crippen LogP contribution is -2.43. The van der Waals surface area contributed by atoms with Crippen LogP contribution in [-0.2, 0) is 26.0 Å². The van der Waals surface area contributed by atoms with Crippen LogP contribution in [0.25, 0.3) is 0 Å². The molecule has 1 aliphatic heterocycles. The fourth-order valence-electron chi connectivity index (χ4n) is 2.75. The molecule has 9 heteroatoms. The molecule has 0 fully saturated rings. The molecule has 2 aromatic rings. The predicted octanol–water partition coefficient (Wildman–Crippen LogP) is 2.49. The third-order valence-corrected chi connectivity index (χ3v) is 6.75. The van der Waals surface area contributed by atoms with Crippen molar-refractivity contribution in [1.82, 2.24) is 4.31 Å². The lowest BCUT2D eigenvalue weighted by Gasteiger charge is -2.33. The van der Waals surface area contributed by atoms with Crippen molar-refractivity contribution in [3.8, 4) is 0 Å². The molecule has 2 heterocycles. The Balaban J connectivity index is 2.15. The maximum absolute atomic E-state index is 14.0. The van der Waals surface area contributed by atoms with Crippen LogP contribution in [0.3, 0.4) is 0 Å². The monoisotopic (exact) mass is 373 g/mol. The van der Waals surface area contributed by atoms with Crippen LogP contribution in [0.15, 0.2) is 34.5 Å². The van der Waals surface area contributed by atoms with Gasteiger partial charge in [0.1, 0.15) is 17.7 Å². The number of thiophene rings is 1. The molecule has 3 rings (SSSR count). The van der Waals surface area contributed by atoms with E-state index in [0.717, 1.165) is 34.5 Å². The predicted molar refractivity (Wildman–Crippen MR) is 83.0 cm³/mol. The van der Waals surface area contributed by atoms with Crippen LogP contribution >= 0.6 is 11.3 Å². The van der Waals surface area contributed by atoms with E-state index in [2.05, 4.69) is 0 Å². The molecular weight excluding hydrogens is 360 g/mol. The van der Waals surface area contributed by atoms with E-state index in [1.54, 1.807) is 11.4 Å². The summed E-state index contributed by atoms with van der Waals surface area (Å²) in [7, 11) is -3.42. The first-order chi connectivity index (χ1) is 11.4. The summed E-state index contributed by atoms with van der Waals surface area (Å²) >= 11 is 1.39. The summed E-state index contributed by atoms with van der Waals surface area (Å²) < 4.78 is 59.2. The maximum Gasteiger partial charge on any atom is 0.328 e. The molecule has 5 nitrogen and oxygen atoms in total. The van der Waals surface area contributed by atoms with Gasteiger partial charge in [-0.1, -0.05) is 6.07 Å². The van der Waals surface area contributed by atoms with Gasteiger partial charge in [0.2, 0.25) is 10.0 Å². The van der Waals surface area contributed by atoms with Gasteiger partial charge in [-0.2, -0.15) is 4.31 Å². The molecule has 0 amide bonds. The van der Waals surface area contributed by atoms with Gasteiger partial charge in [0.05, 0.1) is 7.11 Å². The number of nitrogens with zero attached hydrogens (tertiary/aromatic N) is 1. The Morgan fingerprint density at radius 3 is 2.58 bits per heavy atom. The first-order valence-electron chi connectivity index (χ1n) is 6.98. The highest BCUT2D eigenvalue weighted by atomic mass is 32.2. The van der Waals surface area contributed by atoms with Gasteiger partial charge in [0.25, 0.3) is 0 Å². The normalized spacial score (nSPS) is 18.2. The van der Waals surface area contributed by atoms with E-state index in [4.69, 9.17) is 4.74 Å². The second kappa shape index (κ2) is 6.23. The molecule has 0 bridgehead atoms. The zero-order chi connectivity index (χ0) is 17.5. The van der Waals surface area contributed by atoms with Crippen LogP contribution in [0.4, 0.5) is 8.78 Å². The summed E-state index contributed by atoms with van der Waals surface area (Å²) in [5.74, 6) is -3.20. The molecule has 0 spiro atoms. The van der Waals surface area contributed by atoms with Crippen LogP contribution in [0.5, 0.6) is 0 Å². The summed E-state index contributed by atoms with van der Waals surface area (Å²) in [4.78, 5) is 12.0. The van der Waals surface area contributed by atoms with Crippen molar-refractivity contribution in [3.05, 3.63) is 51.7 Å². The molecule has 1 aliphatic rings. The molecule has 1 aromatic carbocycles. The molecule has 0 saturated carbocycles. The van der Waals surface area contributed by atoms with Gasteiger partial charge in [-0.3, -0.25) is 0 Å². The molecule has 1 unspecified atom stereocenters. The summed E-state index contributed by atoms with van der Waals surface area (Å²) in [6, 6.07) is 3.18. The van der Waals surface area contributed by atoms with Gasteiger partial charge in [-0.25, -0.2) is 22.0 Å². The van der Waals surface area contributed by atoms with Gasteiger partial charge in [0.15, 0.2) is 4.90 Å². The van der Waals surface area contributed by atoms with Gasteiger partial charge in [-0.15, -0.1) is 11.3 Å². The Bertz CT molecular complexity index is 874. The zero-order valence-electron chi connectivity index (χ0n) is 12.5. The summed E-state index contributed by atoms with van der Waals surface area (Å²) in [6.07, 6.45) is 0.357. The second-order valence-corrected chi connectivity index (χ2v) is 7.97. The zero-order valence-corrected chi connectivity index (χ0v) is 14.2. The van der Waals surface area contributed by atoms with Crippen LogP contribution in [0, 0.1) is 11.6 Å². The summed E-state index contributed by atoms with van der Waals surface area (Å²) in [6.45, 7) is -0.0661. The number of methoxy groups -OCH3 is 1. The van der Waals surface area contributed by atoms with Crippen LogP contribution in [-0.4, -0.2) is 32.3 Å². The molecule has 0 radical (unpaired) electrons. The van der Waals surface area contributed by atoms with Crippen LogP contribution < -0.4 is 0 Å². The highest BCUT2D eigenvalue weighted by Gasteiger charge is 2.43. The minimum atomic E-state index is -4.56. The number of fused-ring (bicyclic) bond motifs is 1. The molecule has 0 N–H and O–H groups in total. The van der Waals surface area contributed by atoms with Gasteiger partial charge in [0, 0.05) is 11.4 Å². The maximum atomic E-state index is 14.0. The number of hydrogen-bond acceptors (Lipinski definition) is 5. The van der Waals surface area contributed by atoms with Gasteiger partial charge >= 0.3 is 5.97 Å². The molecule has 0 aliphatic carbocycles. The van der Waals surface area contributed by atoms with E-state index in [9.17, 15) is 22.0 Å². The number of esters is 1. The van der Waals surface area contributed by atoms with E-state index in [0.29, 0.717) is 12.0 Å². The minimum absolute atomic E-state index is 0.0661. The molecule has 128 valence electrons. The topological polar surface area (TPSA) is 63.7 Å². The number of sulfonamides is 1. The summed E-state index contributed by atoms with van der Waals surface area (Å²) in [5, 5.41) is 1.74. The first kappa shape index (κ1) is 17.0. The third kappa shape index (κ3) is 2.62. The van der Waals surface area contributed by atoms with Crippen molar-refractivity contribution >= 4 is 27.3 Å². The van der Waals surface area contributed by atoms with E-state index in [1.807, 2.05) is 0 Å². The highest BCUT2D eigenvalue weighted by molar-refractivity contribution is 7.89. The number of rotatable bonds is 3. The quantitative estimate of drug-likeness (QED) is 0.776. The van der Waals surface area contributed by atoms with Crippen molar-refractivity contribution in [2.24, 2.45) is 0 Å². The van der Waals surface area contributed by atoms with E-state index in [1.165, 1.54) is 11.3 Å². The highest BCUT2D eigenvalue weighted by Crippen LogP contribution is 2.38.